The first kappa shape index (κ1) is 27.9. The van der Waals surface area contributed by atoms with Gasteiger partial charge in [0.25, 0.3) is 0 Å². The van der Waals surface area contributed by atoms with E-state index in [-0.39, 0.29) is 23.7 Å². The summed E-state index contributed by atoms with van der Waals surface area (Å²) in [6.45, 7) is 3.95. The molecule has 2 heterocycles. The van der Waals surface area contributed by atoms with Crippen molar-refractivity contribution in [1.29, 1.82) is 0 Å². The van der Waals surface area contributed by atoms with Crippen molar-refractivity contribution in [3.63, 3.8) is 0 Å². The first-order valence-corrected chi connectivity index (χ1v) is 13.8. The van der Waals surface area contributed by atoms with Gasteiger partial charge in [-0.15, -0.1) is 0 Å². The van der Waals surface area contributed by atoms with Crippen LogP contribution in [-0.2, 0) is 27.2 Å². The molecular weight excluding hydrogens is 470 g/mol. The van der Waals surface area contributed by atoms with E-state index >= 15 is 0 Å². The Kier molecular flexibility index (Phi) is 10.3. The predicted molar refractivity (Wildman–Crippen MR) is 143 cm³/mol. The lowest BCUT2D eigenvalue weighted by atomic mass is 9.74. The molecule has 0 unspecified atom stereocenters. The summed E-state index contributed by atoms with van der Waals surface area (Å²) >= 11 is 0. The molecule has 4 atom stereocenters. The van der Waals surface area contributed by atoms with Gasteiger partial charge in [0.15, 0.2) is 0 Å². The number of aryl methyl sites for hydroxylation is 1. The molecule has 1 saturated heterocycles. The number of carbonyl (C=O) groups excluding carboxylic acids is 1. The molecule has 1 amide bonds. The second-order valence-corrected chi connectivity index (χ2v) is 10.8. The first-order chi connectivity index (χ1) is 18.0. The van der Waals surface area contributed by atoms with Gasteiger partial charge < -0.3 is 34.4 Å². The van der Waals surface area contributed by atoms with Gasteiger partial charge in [0.2, 0.25) is 5.91 Å². The molecule has 8 nitrogen and oxygen atoms in total. The van der Waals surface area contributed by atoms with E-state index in [1.165, 1.54) is 5.56 Å². The van der Waals surface area contributed by atoms with E-state index in [4.69, 9.17) is 14.2 Å². The van der Waals surface area contributed by atoms with Crippen LogP contribution in [0.1, 0.15) is 43.2 Å². The van der Waals surface area contributed by atoms with Gasteiger partial charge in [-0.1, -0.05) is 12.1 Å². The zero-order chi connectivity index (χ0) is 26.2. The van der Waals surface area contributed by atoms with Crippen molar-refractivity contribution in [3.8, 4) is 5.75 Å². The quantitative estimate of drug-likeness (QED) is 0.391. The van der Waals surface area contributed by atoms with Crippen LogP contribution in [0.15, 0.2) is 30.5 Å². The summed E-state index contributed by atoms with van der Waals surface area (Å²) in [5.74, 6) is 1.44. The molecule has 206 valence electrons. The topological polar surface area (TPSA) is 83.5 Å². The monoisotopic (exact) mass is 515 g/mol. The molecule has 1 aliphatic carbocycles. The molecule has 0 bridgehead atoms. The van der Waals surface area contributed by atoms with Crippen molar-refractivity contribution in [2.75, 3.05) is 54.2 Å². The normalized spacial score (nSPS) is 25.8. The molecule has 8 heteroatoms. The van der Waals surface area contributed by atoms with Gasteiger partial charge in [0.1, 0.15) is 18.6 Å². The van der Waals surface area contributed by atoms with Gasteiger partial charge in [-0.3, -0.25) is 4.79 Å². The maximum atomic E-state index is 14.1. The van der Waals surface area contributed by atoms with Crippen LogP contribution < -0.4 is 10.1 Å². The van der Waals surface area contributed by atoms with Crippen LogP contribution in [0.3, 0.4) is 0 Å². The molecule has 0 spiro atoms. The van der Waals surface area contributed by atoms with Crippen LogP contribution in [0.4, 0.5) is 0 Å². The highest BCUT2D eigenvalue weighted by molar-refractivity contribution is 5.80. The minimum Gasteiger partial charge on any atom is -0.491 e. The average Bonchev–Trinajstić information content (AvgIpc) is 3.74. The molecule has 2 fully saturated rings. The third kappa shape index (κ3) is 7.69. The Morgan fingerprint density at radius 1 is 1.11 bits per heavy atom. The number of methoxy groups -OCH3 is 2. The number of nitrogens with one attached hydrogen (secondary N) is 1. The Labute approximate surface area is 221 Å². The number of hydrogen-bond acceptors (Lipinski definition) is 7. The number of piperidine rings is 1. The Hall–Kier alpha value is -2.13. The summed E-state index contributed by atoms with van der Waals surface area (Å²) < 4.78 is 16.4. The number of nitrogens with zero attached hydrogens (tertiary/aromatic N) is 2. The fraction of sp³-hybridized carbons (Fsp3) is 0.690. The molecule has 2 aliphatic heterocycles. The van der Waals surface area contributed by atoms with E-state index in [0.29, 0.717) is 45.4 Å². The summed E-state index contributed by atoms with van der Waals surface area (Å²) in [4.78, 5) is 18.1. The number of aliphatic hydroxyl groups is 1. The summed E-state index contributed by atoms with van der Waals surface area (Å²) in [7, 11) is 5.29. The van der Waals surface area contributed by atoms with Crippen LogP contribution in [-0.4, -0.2) is 87.3 Å². The minimum atomic E-state index is -0.488. The lowest BCUT2D eigenvalue weighted by Crippen LogP contribution is -2.50. The van der Waals surface area contributed by atoms with E-state index in [0.717, 1.165) is 50.0 Å². The largest absolute Gasteiger partial charge is 0.491 e. The minimum absolute atomic E-state index is 0.0816. The Balaban J connectivity index is 1.51. The number of ether oxygens (including phenoxy) is 3. The summed E-state index contributed by atoms with van der Waals surface area (Å²) in [6, 6.07) is 6.69. The van der Waals surface area contributed by atoms with Gasteiger partial charge in [0, 0.05) is 47.0 Å². The van der Waals surface area contributed by atoms with E-state index < -0.39 is 6.23 Å². The molecule has 1 aromatic carbocycles. The lowest BCUT2D eigenvalue weighted by Gasteiger charge is -2.41. The molecule has 4 rings (SSSR count). The third-order valence-electron chi connectivity index (χ3n) is 7.94. The average molecular weight is 516 g/mol. The van der Waals surface area contributed by atoms with E-state index in [1.807, 2.05) is 18.1 Å². The van der Waals surface area contributed by atoms with Gasteiger partial charge in [-0.25, -0.2) is 0 Å². The number of aliphatic hydroxyl groups excluding tert-OH is 1. The zero-order valence-corrected chi connectivity index (χ0v) is 22.7. The van der Waals surface area contributed by atoms with E-state index in [1.54, 1.807) is 14.2 Å². The number of amides is 1. The highest BCUT2D eigenvalue weighted by Gasteiger charge is 2.42. The fourth-order valence-electron chi connectivity index (χ4n) is 5.71. The first-order valence-electron chi connectivity index (χ1n) is 13.8. The Morgan fingerprint density at radius 3 is 2.62 bits per heavy atom. The van der Waals surface area contributed by atoms with Gasteiger partial charge >= 0.3 is 0 Å². The molecule has 0 aromatic heterocycles. The number of allylic oxidation sites excluding steroid dienone is 1. The van der Waals surface area contributed by atoms with Crippen LogP contribution >= 0.6 is 0 Å². The highest BCUT2D eigenvalue weighted by Crippen LogP contribution is 2.38. The summed E-state index contributed by atoms with van der Waals surface area (Å²) in [5.41, 5.74) is 2.31. The van der Waals surface area contributed by atoms with Gasteiger partial charge in [-0.05, 0) is 86.4 Å². The maximum Gasteiger partial charge on any atom is 0.227 e. The Bertz CT molecular complexity index is 877. The van der Waals surface area contributed by atoms with E-state index in [2.05, 4.69) is 34.5 Å². The summed E-state index contributed by atoms with van der Waals surface area (Å²) in [5, 5.41) is 13.9. The molecule has 0 radical (unpaired) electrons. The van der Waals surface area contributed by atoms with Crippen LogP contribution in [0, 0.1) is 17.8 Å². The fourth-order valence-corrected chi connectivity index (χ4v) is 5.71. The highest BCUT2D eigenvalue weighted by atomic mass is 16.5. The smallest absolute Gasteiger partial charge is 0.227 e. The van der Waals surface area contributed by atoms with Crippen LogP contribution in [0.25, 0.3) is 0 Å². The SMILES string of the molecule is COCCCc1cc(CN(C(=O)[C@H]2CNCC[C@@H]2[C@H]2C=CN(C)[C@@H](O)C2)C2CC2)cc(OCCOC)c1. The van der Waals surface area contributed by atoms with E-state index in [9.17, 15) is 9.90 Å². The molecule has 1 saturated carbocycles. The van der Waals surface area contributed by atoms with Crippen molar-refractivity contribution in [3.05, 3.63) is 41.6 Å². The molecule has 2 N–H and O–H groups in total. The van der Waals surface area contributed by atoms with Gasteiger partial charge in [0.05, 0.1) is 12.5 Å². The second-order valence-electron chi connectivity index (χ2n) is 10.8. The number of benzene rings is 1. The van der Waals surface area contributed by atoms with Crippen molar-refractivity contribution < 1.29 is 24.1 Å². The second kappa shape index (κ2) is 13.6. The number of hydrogen-bond donors (Lipinski definition) is 2. The molecule has 37 heavy (non-hydrogen) atoms. The molecule has 3 aliphatic rings. The standard InChI is InChI=1S/C29H45N3O5/c1-31-11-9-23(18-28(31)33)26-8-10-30-19-27(26)29(34)32(24-6-7-24)20-22-15-21(5-4-12-35-2)16-25(17-22)37-14-13-36-3/h9,11,15-17,23-24,26-28,30,33H,4-8,10,12-14,18-20H2,1-3H3/t23-,26+,27-,28-/m0/s1. The van der Waals surface area contributed by atoms with Gasteiger partial charge in [-0.2, -0.15) is 0 Å². The van der Waals surface area contributed by atoms with Crippen LogP contribution in [0.5, 0.6) is 5.75 Å². The van der Waals surface area contributed by atoms with Crippen molar-refractivity contribution in [2.24, 2.45) is 17.8 Å². The lowest BCUT2D eigenvalue weighted by molar-refractivity contribution is -0.140. The molecule has 1 aromatic rings. The zero-order valence-electron chi connectivity index (χ0n) is 22.7. The third-order valence-corrected chi connectivity index (χ3v) is 7.94. The molecular formula is C29H45N3O5. The number of carbonyl (C=O) groups is 1. The van der Waals surface area contributed by atoms with Crippen molar-refractivity contribution >= 4 is 5.91 Å². The Morgan fingerprint density at radius 2 is 1.89 bits per heavy atom. The predicted octanol–water partition coefficient (Wildman–Crippen LogP) is 2.79. The van der Waals surface area contributed by atoms with Crippen molar-refractivity contribution in [2.45, 2.75) is 57.3 Å². The van der Waals surface area contributed by atoms with Crippen molar-refractivity contribution in [1.82, 2.24) is 15.1 Å². The number of rotatable bonds is 13. The maximum absolute atomic E-state index is 14.1. The van der Waals surface area contributed by atoms with Crippen LogP contribution in [0.2, 0.25) is 0 Å². The summed E-state index contributed by atoms with van der Waals surface area (Å²) in [6.07, 6.45) is 9.27.